The molecular formula is C16H21N5O2. The smallest absolute Gasteiger partial charge is 0.274 e. The molecule has 0 spiro atoms. The molecule has 1 saturated carbocycles. The van der Waals surface area contributed by atoms with Crippen molar-refractivity contribution in [3.8, 4) is 0 Å². The number of hydrogen-bond acceptors (Lipinski definition) is 4. The Kier molecular flexibility index (Phi) is 3.65. The molecule has 1 N–H and O–H groups in total. The van der Waals surface area contributed by atoms with Crippen LogP contribution < -0.4 is 0 Å². The van der Waals surface area contributed by atoms with Crippen molar-refractivity contribution in [3.05, 3.63) is 35.9 Å². The van der Waals surface area contributed by atoms with Gasteiger partial charge in [-0.1, -0.05) is 0 Å². The van der Waals surface area contributed by atoms with Crippen molar-refractivity contribution in [2.24, 2.45) is 5.92 Å². The number of amides is 1. The van der Waals surface area contributed by atoms with E-state index >= 15 is 0 Å². The molecule has 3 atom stereocenters. The summed E-state index contributed by atoms with van der Waals surface area (Å²) in [6, 6.07) is 3.89. The average molecular weight is 315 g/mol. The van der Waals surface area contributed by atoms with E-state index in [9.17, 15) is 4.79 Å². The Bertz CT molecular complexity index is 680. The Morgan fingerprint density at radius 1 is 1.48 bits per heavy atom. The Morgan fingerprint density at radius 2 is 2.39 bits per heavy atom. The van der Waals surface area contributed by atoms with Crippen molar-refractivity contribution < 1.29 is 9.53 Å². The van der Waals surface area contributed by atoms with E-state index in [0.717, 1.165) is 25.1 Å². The van der Waals surface area contributed by atoms with Crippen LogP contribution in [0.3, 0.4) is 0 Å². The molecule has 1 saturated heterocycles. The normalized spacial score (nSPS) is 27.2. The minimum absolute atomic E-state index is 0.00684. The van der Waals surface area contributed by atoms with Gasteiger partial charge in [-0.15, -0.1) is 0 Å². The highest BCUT2D eigenvalue weighted by Gasteiger charge is 2.44. The third kappa shape index (κ3) is 2.65. The van der Waals surface area contributed by atoms with Crippen molar-refractivity contribution in [3.63, 3.8) is 0 Å². The molecule has 3 heterocycles. The third-order valence-electron chi connectivity index (χ3n) is 4.89. The molecule has 0 bridgehead atoms. The highest BCUT2D eigenvalue weighted by Crippen LogP contribution is 2.36. The lowest BCUT2D eigenvalue weighted by Gasteiger charge is -2.39. The van der Waals surface area contributed by atoms with Gasteiger partial charge in [0.2, 0.25) is 0 Å². The second-order valence-corrected chi connectivity index (χ2v) is 6.40. The molecule has 2 aromatic rings. The molecule has 0 aromatic carbocycles. The summed E-state index contributed by atoms with van der Waals surface area (Å²) >= 11 is 0. The number of aryl methyl sites for hydroxylation is 1. The van der Waals surface area contributed by atoms with Gasteiger partial charge in [0, 0.05) is 37.1 Å². The number of ether oxygens (including phenoxy) is 1. The van der Waals surface area contributed by atoms with Crippen LogP contribution in [0.15, 0.2) is 24.5 Å². The summed E-state index contributed by atoms with van der Waals surface area (Å²) in [7, 11) is 0. The molecule has 23 heavy (non-hydrogen) atoms. The van der Waals surface area contributed by atoms with Crippen molar-refractivity contribution in [2.75, 3.05) is 13.2 Å². The van der Waals surface area contributed by atoms with Gasteiger partial charge in [0.25, 0.3) is 5.91 Å². The summed E-state index contributed by atoms with van der Waals surface area (Å²) < 4.78 is 7.97. The maximum Gasteiger partial charge on any atom is 0.274 e. The van der Waals surface area contributed by atoms with Crippen LogP contribution in [0.4, 0.5) is 0 Å². The minimum atomic E-state index is 0.00684. The van der Waals surface area contributed by atoms with Crippen molar-refractivity contribution in [1.29, 1.82) is 0 Å². The molecule has 1 unspecified atom stereocenters. The zero-order chi connectivity index (χ0) is 15.8. The van der Waals surface area contributed by atoms with Crippen molar-refractivity contribution in [1.82, 2.24) is 24.9 Å². The molecule has 122 valence electrons. The molecule has 2 aliphatic rings. The number of aromatic nitrogens is 4. The van der Waals surface area contributed by atoms with E-state index in [2.05, 4.69) is 15.3 Å². The fourth-order valence-corrected chi connectivity index (χ4v) is 3.83. The highest BCUT2D eigenvalue weighted by atomic mass is 16.5. The van der Waals surface area contributed by atoms with Crippen LogP contribution in [0.1, 0.15) is 29.0 Å². The molecule has 7 heteroatoms. The van der Waals surface area contributed by atoms with E-state index < -0.39 is 0 Å². The van der Waals surface area contributed by atoms with E-state index in [1.807, 2.05) is 34.8 Å². The second kappa shape index (κ2) is 5.81. The third-order valence-corrected chi connectivity index (χ3v) is 4.89. The molecule has 1 aliphatic heterocycles. The number of morpholine rings is 1. The molecule has 4 rings (SSSR count). The Morgan fingerprint density at radius 3 is 3.13 bits per heavy atom. The first-order valence-corrected chi connectivity index (χ1v) is 8.14. The summed E-state index contributed by atoms with van der Waals surface area (Å²) in [6.07, 6.45) is 5.90. The number of carbonyl (C=O) groups excluding carboxylic acids is 1. The summed E-state index contributed by atoms with van der Waals surface area (Å²) in [4.78, 5) is 14.7. The predicted octanol–water partition coefficient (Wildman–Crippen LogP) is 1.23. The molecule has 2 fully saturated rings. The molecule has 7 nitrogen and oxygen atoms in total. The van der Waals surface area contributed by atoms with Gasteiger partial charge >= 0.3 is 0 Å². The number of H-pyrrole nitrogens is 1. The van der Waals surface area contributed by atoms with Crippen molar-refractivity contribution in [2.45, 2.75) is 38.5 Å². The molecule has 1 aliphatic carbocycles. The summed E-state index contributed by atoms with van der Waals surface area (Å²) in [6.45, 7) is 3.98. The number of nitrogens with one attached hydrogen (secondary N) is 1. The maximum atomic E-state index is 12.7. The van der Waals surface area contributed by atoms with Crippen LogP contribution in [-0.2, 0) is 11.3 Å². The Hall–Kier alpha value is -2.15. The molecular weight excluding hydrogens is 294 g/mol. The van der Waals surface area contributed by atoms with Crippen LogP contribution >= 0.6 is 0 Å². The van der Waals surface area contributed by atoms with Gasteiger partial charge in [-0.25, -0.2) is 0 Å². The molecule has 2 aromatic heterocycles. The Labute approximate surface area is 134 Å². The van der Waals surface area contributed by atoms with Gasteiger partial charge < -0.3 is 9.64 Å². The van der Waals surface area contributed by atoms with Gasteiger partial charge in [-0.05, 0) is 31.9 Å². The lowest BCUT2D eigenvalue weighted by molar-refractivity contribution is -0.0650. The number of nitrogens with zero attached hydrogens (tertiary/aromatic N) is 4. The van der Waals surface area contributed by atoms with E-state index in [-0.39, 0.29) is 18.1 Å². The fourth-order valence-electron chi connectivity index (χ4n) is 3.83. The van der Waals surface area contributed by atoms with Crippen molar-refractivity contribution >= 4 is 5.91 Å². The Balaban J connectivity index is 1.50. The van der Waals surface area contributed by atoms with Crippen LogP contribution in [0, 0.1) is 12.8 Å². The van der Waals surface area contributed by atoms with Gasteiger partial charge in [-0.2, -0.15) is 10.2 Å². The van der Waals surface area contributed by atoms with Gasteiger partial charge in [0.05, 0.1) is 18.8 Å². The fraction of sp³-hybridized carbons (Fsp3) is 0.562. The lowest BCUT2D eigenvalue weighted by atomic mass is 10.0. The lowest BCUT2D eigenvalue weighted by Crippen LogP contribution is -2.53. The summed E-state index contributed by atoms with van der Waals surface area (Å²) in [5.41, 5.74) is 1.40. The topological polar surface area (TPSA) is 76.0 Å². The van der Waals surface area contributed by atoms with E-state index in [0.29, 0.717) is 24.8 Å². The largest absolute Gasteiger partial charge is 0.374 e. The van der Waals surface area contributed by atoms with Crippen LogP contribution in [0.25, 0.3) is 0 Å². The number of hydrogen-bond donors (Lipinski definition) is 1. The van der Waals surface area contributed by atoms with E-state index in [1.54, 1.807) is 6.20 Å². The predicted molar refractivity (Wildman–Crippen MR) is 82.8 cm³/mol. The number of carbonyl (C=O) groups is 1. The SMILES string of the molecule is Cc1cc(C(=O)N2CCO[C@H]3C(Cn4cccn4)CC[C@@H]32)n[nH]1. The van der Waals surface area contributed by atoms with Crippen LogP contribution in [-0.4, -0.2) is 56.1 Å². The van der Waals surface area contributed by atoms with Gasteiger partial charge in [-0.3, -0.25) is 14.6 Å². The highest BCUT2D eigenvalue weighted by molar-refractivity contribution is 5.92. The van der Waals surface area contributed by atoms with Crippen LogP contribution in [0.2, 0.25) is 0 Å². The summed E-state index contributed by atoms with van der Waals surface area (Å²) in [5.74, 6) is 0.406. The maximum absolute atomic E-state index is 12.7. The van der Waals surface area contributed by atoms with Gasteiger partial charge in [0.15, 0.2) is 0 Å². The zero-order valence-electron chi connectivity index (χ0n) is 13.2. The zero-order valence-corrected chi connectivity index (χ0v) is 13.2. The van der Waals surface area contributed by atoms with E-state index in [1.165, 1.54) is 0 Å². The second-order valence-electron chi connectivity index (χ2n) is 6.40. The summed E-state index contributed by atoms with van der Waals surface area (Å²) in [5, 5.41) is 11.2. The monoisotopic (exact) mass is 315 g/mol. The van der Waals surface area contributed by atoms with E-state index in [4.69, 9.17) is 4.74 Å². The van der Waals surface area contributed by atoms with Gasteiger partial charge in [0.1, 0.15) is 5.69 Å². The standard InChI is InChI=1S/C16H21N5O2/c1-11-9-13(19-18-11)16(22)21-7-8-23-15-12(3-4-14(15)21)10-20-6-2-5-17-20/h2,5-6,9,12,14-15H,3-4,7-8,10H2,1H3,(H,18,19)/t12?,14-,15-/m0/s1. The van der Waals surface area contributed by atoms with Crippen LogP contribution in [0.5, 0.6) is 0 Å². The first kappa shape index (κ1) is 14.4. The quantitative estimate of drug-likeness (QED) is 0.924. The first-order valence-electron chi connectivity index (χ1n) is 8.14. The first-order chi connectivity index (χ1) is 11.2. The minimum Gasteiger partial charge on any atom is -0.374 e. The number of aromatic amines is 1. The molecule has 1 amide bonds. The average Bonchev–Trinajstić information content (AvgIpc) is 3.28. The number of rotatable bonds is 3. The number of fused-ring (bicyclic) bond motifs is 1. The molecule has 0 radical (unpaired) electrons.